The van der Waals surface area contributed by atoms with Crippen LogP contribution in [0.3, 0.4) is 0 Å². The van der Waals surface area contributed by atoms with Crippen LogP contribution in [0.25, 0.3) is 10.8 Å². The Kier molecular flexibility index (Phi) is 9.84. The number of morpholine rings is 1. The van der Waals surface area contributed by atoms with Crippen molar-refractivity contribution in [1.82, 2.24) is 19.8 Å². The van der Waals surface area contributed by atoms with Crippen LogP contribution in [0.5, 0.6) is 0 Å². The lowest BCUT2D eigenvalue weighted by atomic mass is 9.98. The van der Waals surface area contributed by atoms with E-state index in [0.717, 1.165) is 104 Å². The summed E-state index contributed by atoms with van der Waals surface area (Å²) in [6.45, 7) is 18.4. The predicted molar refractivity (Wildman–Crippen MR) is 172 cm³/mol. The van der Waals surface area contributed by atoms with E-state index in [2.05, 4.69) is 75.8 Å². The van der Waals surface area contributed by atoms with Crippen LogP contribution in [0.2, 0.25) is 0 Å². The van der Waals surface area contributed by atoms with Crippen molar-refractivity contribution in [3.63, 3.8) is 0 Å². The zero-order valence-electron chi connectivity index (χ0n) is 25.9. The number of hydrogen-bond donors (Lipinski definition) is 2. The lowest BCUT2D eigenvalue weighted by molar-refractivity contribution is 0.0443. The zero-order valence-corrected chi connectivity index (χ0v) is 25.9. The van der Waals surface area contributed by atoms with Crippen molar-refractivity contribution in [3.05, 3.63) is 63.2 Å². The van der Waals surface area contributed by atoms with Crippen LogP contribution in [0.15, 0.2) is 35.3 Å². The standard InChI is InChI=1S/C34H46N6O2/c1-6-40(28-10-14-39(15-11-28)24(2)3)32-22-27(8-7-13-38-16-18-42-19-17-38)21-30-29(32)9-12-35-33(30)36-23-31-25(4)20-26(5)37-34(31)41/h9,12,20-22,24,28H,6,10-11,13-19,23H2,1-5H3,(H,35,36)(H,37,41). The number of ether oxygens (including phenoxy) is 1. The Balaban J connectivity index is 1.50. The summed E-state index contributed by atoms with van der Waals surface area (Å²) in [6.07, 6.45) is 4.16. The third-order valence-corrected chi connectivity index (χ3v) is 8.74. The van der Waals surface area contributed by atoms with Gasteiger partial charge in [-0.25, -0.2) is 4.98 Å². The van der Waals surface area contributed by atoms with E-state index in [1.54, 1.807) is 0 Å². The first-order chi connectivity index (χ1) is 20.3. The number of nitrogens with one attached hydrogen (secondary N) is 2. The van der Waals surface area contributed by atoms with Crippen LogP contribution in [0.4, 0.5) is 11.5 Å². The number of H-pyrrole nitrogens is 1. The molecule has 3 aromatic rings. The Hall–Kier alpha value is -3.38. The molecule has 2 N–H and O–H groups in total. The smallest absolute Gasteiger partial charge is 0.253 e. The van der Waals surface area contributed by atoms with Crippen LogP contribution >= 0.6 is 0 Å². The molecule has 0 atom stereocenters. The van der Waals surface area contributed by atoms with E-state index < -0.39 is 0 Å². The lowest BCUT2D eigenvalue weighted by Crippen LogP contribution is -2.47. The highest BCUT2D eigenvalue weighted by atomic mass is 16.5. The number of rotatable bonds is 8. The third kappa shape index (κ3) is 6.97. The van der Waals surface area contributed by atoms with Crippen LogP contribution in [0.1, 0.15) is 56.0 Å². The quantitative estimate of drug-likeness (QED) is 0.385. The number of anilines is 2. The van der Waals surface area contributed by atoms with Gasteiger partial charge < -0.3 is 24.8 Å². The summed E-state index contributed by atoms with van der Waals surface area (Å²) in [5, 5.41) is 5.69. The van der Waals surface area contributed by atoms with Crippen LogP contribution in [-0.2, 0) is 11.3 Å². The molecule has 2 aromatic heterocycles. The second-order valence-electron chi connectivity index (χ2n) is 11.9. The molecule has 0 spiro atoms. The van der Waals surface area contributed by atoms with Gasteiger partial charge in [0.05, 0.1) is 19.8 Å². The first-order valence-corrected chi connectivity index (χ1v) is 15.5. The maximum Gasteiger partial charge on any atom is 0.253 e. The summed E-state index contributed by atoms with van der Waals surface area (Å²) >= 11 is 0. The Labute approximate surface area is 250 Å². The van der Waals surface area contributed by atoms with Gasteiger partial charge >= 0.3 is 0 Å². The highest BCUT2D eigenvalue weighted by Gasteiger charge is 2.26. The van der Waals surface area contributed by atoms with Gasteiger partial charge in [-0.15, -0.1) is 0 Å². The molecular weight excluding hydrogens is 524 g/mol. The lowest BCUT2D eigenvalue weighted by Gasteiger charge is -2.41. The second kappa shape index (κ2) is 13.7. The topological polar surface area (TPSA) is 76.7 Å². The van der Waals surface area contributed by atoms with Gasteiger partial charge in [0.25, 0.3) is 5.56 Å². The minimum Gasteiger partial charge on any atom is -0.379 e. The molecule has 0 unspecified atom stereocenters. The Bertz CT molecular complexity index is 1490. The van der Waals surface area contributed by atoms with Crippen molar-refractivity contribution < 1.29 is 4.74 Å². The number of likely N-dealkylation sites (tertiary alicyclic amines) is 1. The van der Waals surface area contributed by atoms with E-state index >= 15 is 0 Å². The van der Waals surface area contributed by atoms with Crippen molar-refractivity contribution in [2.24, 2.45) is 0 Å². The summed E-state index contributed by atoms with van der Waals surface area (Å²) in [4.78, 5) is 27.9. The molecule has 8 nitrogen and oxygen atoms in total. The molecule has 8 heteroatoms. The molecular formula is C34H46N6O2. The molecule has 42 heavy (non-hydrogen) atoms. The maximum atomic E-state index is 12.7. The van der Waals surface area contributed by atoms with Gasteiger partial charge in [0.1, 0.15) is 5.82 Å². The first-order valence-electron chi connectivity index (χ1n) is 15.5. The fraction of sp³-hybridized carbons (Fsp3) is 0.529. The highest BCUT2D eigenvalue weighted by Crippen LogP contribution is 2.35. The van der Waals surface area contributed by atoms with Gasteiger partial charge in [0.15, 0.2) is 0 Å². The average molecular weight is 571 g/mol. The summed E-state index contributed by atoms with van der Waals surface area (Å²) in [7, 11) is 0. The molecule has 0 aliphatic carbocycles. The predicted octanol–water partition coefficient (Wildman–Crippen LogP) is 4.53. The van der Waals surface area contributed by atoms with E-state index in [9.17, 15) is 4.79 Å². The molecule has 0 saturated carbocycles. The van der Waals surface area contributed by atoms with E-state index in [-0.39, 0.29) is 5.56 Å². The molecule has 5 rings (SSSR count). The van der Waals surface area contributed by atoms with Crippen LogP contribution < -0.4 is 15.8 Å². The zero-order chi connectivity index (χ0) is 29.6. The molecule has 224 valence electrons. The molecule has 2 aliphatic heterocycles. The Morgan fingerprint density at radius 3 is 2.57 bits per heavy atom. The molecule has 2 fully saturated rings. The van der Waals surface area contributed by atoms with Gasteiger partial charge in [0.2, 0.25) is 0 Å². The number of aryl methyl sites for hydroxylation is 2. The molecule has 0 amide bonds. The first kappa shape index (κ1) is 30.1. The van der Waals surface area contributed by atoms with Crippen LogP contribution in [0, 0.1) is 25.7 Å². The maximum absolute atomic E-state index is 12.7. The van der Waals surface area contributed by atoms with E-state index in [1.165, 1.54) is 5.69 Å². The van der Waals surface area contributed by atoms with Crippen molar-refractivity contribution in [2.75, 3.05) is 62.7 Å². The summed E-state index contributed by atoms with van der Waals surface area (Å²) in [6, 6.07) is 9.61. The number of piperidine rings is 1. The Morgan fingerprint density at radius 2 is 1.88 bits per heavy atom. The number of aromatic amines is 1. The monoisotopic (exact) mass is 570 g/mol. The number of pyridine rings is 2. The van der Waals surface area contributed by atoms with E-state index in [4.69, 9.17) is 9.72 Å². The van der Waals surface area contributed by atoms with Crippen molar-refractivity contribution in [2.45, 2.75) is 66.1 Å². The second-order valence-corrected chi connectivity index (χ2v) is 11.9. The number of hydrogen-bond acceptors (Lipinski definition) is 7. The number of aromatic nitrogens is 2. The molecule has 2 saturated heterocycles. The van der Waals surface area contributed by atoms with E-state index in [1.807, 2.05) is 26.1 Å². The highest BCUT2D eigenvalue weighted by molar-refractivity contribution is 6.01. The summed E-state index contributed by atoms with van der Waals surface area (Å²) < 4.78 is 5.50. The molecule has 1 aromatic carbocycles. The van der Waals surface area contributed by atoms with Crippen LogP contribution in [-0.4, -0.2) is 84.3 Å². The number of benzene rings is 1. The Morgan fingerprint density at radius 1 is 1.12 bits per heavy atom. The number of nitrogens with zero attached hydrogens (tertiary/aromatic N) is 4. The summed E-state index contributed by atoms with van der Waals surface area (Å²) in [5.74, 6) is 7.67. The average Bonchev–Trinajstić information content (AvgIpc) is 2.98. The SMILES string of the molecule is CCN(c1cc(C#CCN2CCOCC2)cc2c(NCc3c(C)cc(C)[nH]c3=O)nccc12)C1CCN(C(C)C)CC1. The van der Waals surface area contributed by atoms with Crippen molar-refractivity contribution >= 4 is 22.3 Å². The normalized spacial score (nSPS) is 16.9. The van der Waals surface area contributed by atoms with Gasteiger partial charge in [-0.1, -0.05) is 11.8 Å². The molecule has 4 heterocycles. The fourth-order valence-corrected chi connectivity index (χ4v) is 6.34. The van der Waals surface area contributed by atoms with Crippen molar-refractivity contribution in [3.8, 4) is 11.8 Å². The minimum absolute atomic E-state index is 0.0551. The largest absolute Gasteiger partial charge is 0.379 e. The van der Waals surface area contributed by atoms with Gasteiger partial charge in [-0.05, 0) is 77.3 Å². The third-order valence-electron chi connectivity index (χ3n) is 8.74. The van der Waals surface area contributed by atoms with Gasteiger partial charge in [-0.3, -0.25) is 9.69 Å². The van der Waals surface area contributed by atoms with Crippen molar-refractivity contribution in [1.29, 1.82) is 0 Å². The number of fused-ring (bicyclic) bond motifs is 1. The molecule has 2 aliphatic rings. The molecule has 0 radical (unpaired) electrons. The minimum atomic E-state index is -0.0551. The van der Waals surface area contributed by atoms with Gasteiger partial charge in [0, 0.05) is 90.8 Å². The fourth-order valence-electron chi connectivity index (χ4n) is 6.34. The molecule has 0 bridgehead atoms. The summed E-state index contributed by atoms with van der Waals surface area (Å²) in [5.41, 5.74) is 4.72. The van der Waals surface area contributed by atoms with E-state index in [0.29, 0.717) is 18.6 Å². The van der Waals surface area contributed by atoms with Gasteiger partial charge in [-0.2, -0.15) is 0 Å².